The summed E-state index contributed by atoms with van der Waals surface area (Å²) in [4.78, 5) is 2.57. The second-order valence-electron chi connectivity index (χ2n) is 5.65. The molecule has 0 aliphatic heterocycles. The Labute approximate surface area is 119 Å². The molecule has 0 radical (unpaired) electrons. The molecule has 3 nitrogen and oxygen atoms in total. The van der Waals surface area contributed by atoms with Gasteiger partial charge in [0, 0.05) is 26.2 Å². The highest BCUT2D eigenvalue weighted by Gasteiger charge is 2.26. The summed E-state index contributed by atoms with van der Waals surface area (Å²) in [5, 5.41) is 4.58. The fourth-order valence-electron chi connectivity index (χ4n) is 2.27. The van der Waals surface area contributed by atoms with Crippen molar-refractivity contribution in [2.45, 2.75) is 52.6 Å². The van der Waals surface area contributed by atoms with Crippen molar-refractivity contribution in [3.05, 3.63) is 15.9 Å². The van der Waals surface area contributed by atoms with Crippen molar-refractivity contribution in [2.75, 3.05) is 6.54 Å². The van der Waals surface area contributed by atoms with E-state index in [1.807, 2.05) is 4.68 Å². The maximum atomic E-state index is 4.58. The maximum Gasteiger partial charge on any atom is 0.0767 e. The van der Waals surface area contributed by atoms with E-state index in [9.17, 15) is 0 Å². The Kier molecular flexibility index (Phi) is 4.49. The average molecular weight is 314 g/mol. The largest absolute Gasteiger partial charge is 0.295 e. The first-order valence-electron chi connectivity index (χ1n) is 6.97. The molecule has 2 rings (SSSR count). The lowest BCUT2D eigenvalue weighted by Crippen LogP contribution is -2.33. The van der Waals surface area contributed by atoms with Crippen LogP contribution in [0, 0.1) is 5.92 Å². The Hall–Kier alpha value is -0.350. The van der Waals surface area contributed by atoms with Gasteiger partial charge >= 0.3 is 0 Å². The predicted octanol–water partition coefficient (Wildman–Crippen LogP) is 3.37. The van der Waals surface area contributed by atoms with Gasteiger partial charge in [0.15, 0.2) is 0 Å². The molecule has 1 aromatic heterocycles. The van der Waals surface area contributed by atoms with Gasteiger partial charge in [-0.05, 0) is 55.0 Å². The summed E-state index contributed by atoms with van der Waals surface area (Å²) in [6.45, 7) is 8.96. The topological polar surface area (TPSA) is 21.1 Å². The molecule has 1 heterocycles. The van der Waals surface area contributed by atoms with Crippen molar-refractivity contribution in [2.24, 2.45) is 13.0 Å². The molecule has 0 aromatic carbocycles. The summed E-state index contributed by atoms with van der Waals surface area (Å²) in [6, 6.07) is 0.595. The van der Waals surface area contributed by atoms with Crippen molar-refractivity contribution >= 4 is 15.9 Å². The lowest BCUT2D eigenvalue weighted by Gasteiger charge is -2.26. The summed E-state index contributed by atoms with van der Waals surface area (Å²) in [5.74, 6) is 0.935. The average Bonchev–Trinajstić information content (AvgIpc) is 3.09. The van der Waals surface area contributed by atoms with Crippen LogP contribution in [0.3, 0.4) is 0 Å². The van der Waals surface area contributed by atoms with E-state index >= 15 is 0 Å². The van der Waals surface area contributed by atoms with Crippen LogP contribution in [0.2, 0.25) is 0 Å². The summed E-state index contributed by atoms with van der Waals surface area (Å²) in [5.41, 5.74) is 2.48. The van der Waals surface area contributed by atoms with E-state index in [1.54, 1.807) is 0 Å². The Bertz CT molecular complexity index is 407. The maximum absolute atomic E-state index is 4.58. The molecule has 4 heteroatoms. The minimum absolute atomic E-state index is 0.595. The van der Waals surface area contributed by atoms with E-state index in [1.165, 1.54) is 35.2 Å². The van der Waals surface area contributed by atoms with Gasteiger partial charge in [0.25, 0.3) is 0 Å². The van der Waals surface area contributed by atoms with Crippen LogP contribution in [0.25, 0.3) is 0 Å². The molecule has 102 valence electrons. The molecule has 18 heavy (non-hydrogen) atoms. The predicted molar refractivity (Wildman–Crippen MR) is 78.6 cm³/mol. The summed E-state index contributed by atoms with van der Waals surface area (Å²) in [6.07, 6.45) is 3.81. The van der Waals surface area contributed by atoms with Crippen LogP contribution in [0.1, 0.15) is 45.0 Å². The van der Waals surface area contributed by atoms with Gasteiger partial charge in [0.2, 0.25) is 0 Å². The molecule has 1 saturated carbocycles. The van der Waals surface area contributed by atoms with E-state index < -0.39 is 0 Å². The van der Waals surface area contributed by atoms with E-state index in [0.717, 1.165) is 18.9 Å². The van der Waals surface area contributed by atoms with Crippen molar-refractivity contribution in [3.8, 4) is 0 Å². The van der Waals surface area contributed by atoms with Gasteiger partial charge in [0.1, 0.15) is 0 Å². The molecule has 1 aliphatic rings. The van der Waals surface area contributed by atoms with Crippen LogP contribution in [-0.4, -0.2) is 27.3 Å². The molecule has 1 aliphatic carbocycles. The van der Waals surface area contributed by atoms with Crippen molar-refractivity contribution in [1.82, 2.24) is 14.7 Å². The second-order valence-corrected chi connectivity index (χ2v) is 6.44. The lowest BCUT2D eigenvalue weighted by molar-refractivity contribution is 0.198. The minimum atomic E-state index is 0.595. The molecular formula is C14H24BrN3. The standard InChI is InChI=1S/C14H24BrN3/c1-5-12-14(15)13(17(4)16-12)9-18(10(2)3)8-11-6-7-11/h10-11H,5-9H2,1-4H3. The smallest absolute Gasteiger partial charge is 0.0767 e. The van der Waals surface area contributed by atoms with Gasteiger partial charge in [0.05, 0.1) is 15.9 Å². The molecule has 0 saturated heterocycles. The normalized spacial score (nSPS) is 15.9. The summed E-state index contributed by atoms with van der Waals surface area (Å²) in [7, 11) is 2.05. The molecule has 0 unspecified atom stereocenters. The van der Waals surface area contributed by atoms with Gasteiger partial charge in [-0.3, -0.25) is 9.58 Å². The van der Waals surface area contributed by atoms with Crippen LogP contribution < -0.4 is 0 Å². The van der Waals surface area contributed by atoms with E-state index in [0.29, 0.717) is 6.04 Å². The highest BCUT2D eigenvalue weighted by atomic mass is 79.9. The summed E-state index contributed by atoms with van der Waals surface area (Å²) < 4.78 is 3.24. The number of halogens is 1. The van der Waals surface area contributed by atoms with E-state index in [4.69, 9.17) is 0 Å². The third-order valence-corrected chi connectivity index (χ3v) is 4.69. The molecule has 0 spiro atoms. The fourth-order valence-corrected chi connectivity index (χ4v) is 3.02. The zero-order chi connectivity index (χ0) is 13.3. The Morgan fingerprint density at radius 3 is 2.56 bits per heavy atom. The highest BCUT2D eigenvalue weighted by molar-refractivity contribution is 9.10. The van der Waals surface area contributed by atoms with Crippen LogP contribution in [-0.2, 0) is 20.0 Å². The Morgan fingerprint density at radius 1 is 1.44 bits per heavy atom. The molecular weight excluding hydrogens is 290 g/mol. The number of aryl methyl sites for hydroxylation is 2. The summed E-state index contributed by atoms with van der Waals surface area (Å²) >= 11 is 3.71. The first kappa shape index (κ1) is 14.1. The molecule has 0 N–H and O–H groups in total. The molecule has 0 atom stereocenters. The van der Waals surface area contributed by atoms with E-state index in [-0.39, 0.29) is 0 Å². The van der Waals surface area contributed by atoms with Gasteiger partial charge < -0.3 is 0 Å². The number of hydrogen-bond donors (Lipinski definition) is 0. The molecule has 1 fully saturated rings. The van der Waals surface area contributed by atoms with Gasteiger partial charge in [-0.1, -0.05) is 6.92 Å². The lowest BCUT2D eigenvalue weighted by atomic mass is 10.2. The number of nitrogens with zero attached hydrogens (tertiary/aromatic N) is 3. The molecule has 0 bridgehead atoms. The molecule has 0 amide bonds. The van der Waals surface area contributed by atoms with Crippen LogP contribution >= 0.6 is 15.9 Å². The Morgan fingerprint density at radius 2 is 2.11 bits per heavy atom. The Balaban J connectivity index is 2.12. The van der Waals surface area contributed by atoms with Crippen molar-refractivity contribution in [3.63, 3.8) is 0 Å². The minimum Gasteiger partial charge on any atom is -0.295 e. The van der Waals surface area contributed by atoms with Gasteiger partial charge in [-0.25, -0.2) is 0 Å². The van der Waals surface area contributed by atoms with Gasteiger partial charge in [-0.15, -0.1) is 0 Å². The van der Waals surface area contributed by atoms with Crippen LogP contribution in [0.5, 0.6) is 0 Å². The number of rotatable bonds is 6. The fraction of sp³-hybridized carbons (Fsp3) is 0.786. The van der Waals surface area contributed by atoms with E-state index in [2.05, 4.69) is 53.7 Å². The number of aromatic nitrogens is 2. The third kappa shape index (κ3) is 3.15. The highest BCUT2D eigenvalue weighted by Crippen LogP contribution is 2.31. The van der Waals surface area contributed by atoms with Crippen LogP contribution in [0.4, 0.5) is 0 Å². The van der Waals surface area contributed by atoms with Crippen LogP contribution in [0.15, 0.2) is 4.47 Å². The quantitative estimate of drug-likeness (QED) is 0.803. The monoisotopic (exact) mass is 313 g/mol. The van der Waals surface area contributed by atoms with Crippen molar-refractivity contribution < 1.29 is 0 Å². The first-order chi connectivity index (χ1) is 8.52. The molecule has 1 aromatic rings. The zero-order valence-corrected chi connectivity index (χ0v) is 13.5. The second kappa shape index (κ2) is 5.74. The zero-order valence-electron chi connectivity index (χ0n) is 11.9. The first-order valence-corrected chi connectivity index (χ1v) is 7.76. The number of hydrogen-bond acceptors (Lipinski definition) is 2. The third-order valence-electron chi connectivity index (χ3n) is 3.78. The van der Waals surface area contributed by atoms with Gasteiger partial charge in [-0.2, -0.15) is 5.10 Å². The van der Waals surface area contributed by atoms with Crippen molar-refractivity contribution in [1.29, 1.82) is 0 Å². The SMILES string of the molecule is CCc1nn(C)c(CN(CC2CC2)C(C)C)c1Br.